The van der Waals surface area contributed by atoms with Crippen molar-refractivity contribution in [1.29, 1.82) is 0 Å². The van der Waals surface area contributed by atoms with Crippen LogP contribution < -0.4 is 0 Å². The van der Waals surface area contributed by atoms with Gasteiger partial charge in [-0.1, -0.05) is 18.5 Å². The molecule has 0 radical (unpaired) electrons. The van der Waals surface area contributed by atoms with E-state index < -0.39 is 11.4 Å². The van der Waals surface area contributed by atoms with Gasteiger partial charge in [-0.25, -0.2) is 0 Å². The summed E-state index contributed by atoms with van der Waals surface area (Å²) in [5, 5.41) is 13.1. The number of rotatable bonds is 4. The van der Waals surface area contributed by atoms with Crippen molar-refractivity contribution in [3.05, 3.63) is 18.0 Å². The van der Waals surface area contributed by atoms with Crippen molar-refractivity contribution in [1.82, 2.24) is 5.16 Å². The lowest BCUT2D eigenvalue weighted by atomic mass is 9.80. The van der Waals surface area contributed by atoms with E-state index in [1.807, 2.05) is 0 Å². The van der Waals surface area contributed by atoms with E-state index in [1.165, 1.54) is 0 Å². The fourth-order valence-electron chi connectivity index (χ4n) is 2.72. The zero-order chi connectivity index (χ0) is 11.6. The lowest BCUT2D eigenvalue weighted by Crippen LogP contribution is -2.30. The average molecular weight is 223 g/mol. The molecule has 0 spiro atoms. The highest BCUT2D eigenvalue weighted by Gasteiger charge is 2.45. The molecule has 0 aromatic carbocycles. The number of hydrogen-bond donors (Lipinski definition) is 1. The van der Waals surface area contributed by atoms with Gasteiger partial charge in [-0.3, -0.25) is 4.79 Å². The molecule has 2 unspecified atom stereocenters. The summed E-state index contributed by atoms with van der Waals surface area (Å²) in [5.41, 5.74) is 0.297. The molecular weight excluding hydrogens is 206 g/mol. The minimum Gasteiger partial charge on any atom is -0.481 e. The van der Waals surface area contributed by atoms with Crippen LogP contribution in [0.4, 0.5) is 0 Å². The van der Waals surface area contributed by atoms with Gasteiger partial charge in [0.15, 0.2) is 0 Å². The van der Waals surface area contributed by atoms with Gasteiger partial charge < -0.3 is 9.63 Å². The van der Waals surface area contributed by atoms with Gasteiger partial charge in [0.25, 0.3) is 0 Å². The highest BCUT2D eigenvalue weighted by atomic mass is 16.5. The van der Waals surface area contributed by atoms with Crippen molar-refractivity contribution in [2.75, 3.05) is 0 Å². The van der Waals surface area contributed by atoms with Gasteiger partial charge in [-0.15, -0.1) is 0 Å². The summed E-state index contributed by atoms with van der Waals surface area (Å²) < 4.78 is 4.76. The van der Waals surface area contributed by atoms with Crippen LogP contribution >= 0.6 is 0 Å². The smallest absolute Gasteiger partial charge is 0.309 e. The number of carboxylic acid groups (broad SMARTS) is 1. The van der Waals surface area contributed by atoms with Gasteiger partial charge in [0, 0.05) is 5.56 Å². The molecule has 1 aromatic rings. The van der Waals surface area contributed by atoms with Gasteiger partial charge in [-0.2, -0.15) is 0 Å². The Balaban J connectivity index is 2.14. The molecule has 1 saturated carbocycles. The summed E-state index contributed by atoms with van der Waals surface area (Å²) in [7, 11) is 0. The Hall–Kier alpha value is -1.32. The highest BCUT2D eigenvalue weighted by Crippen LogP contribution is 2.45. The zero-order valence-electron chi connectivity index (χ0n) is 9.48. The first kappa shape index (κ1) is 11.2. The standard InChI is InChI=1S/C12H17NO3/c1-2-9-3-4-12(5-9,11(14)15)6-10-7-13-16-8-10/h7-9H,2-6H2,1H3,(H,14,15). The van der Waals surface area contributed by atoms with E-state index in [9.17, 15) is 9.90 Å². The van der Waals surface area contributed by atoms with Crippen molar-refractivity contribution in [2.45, 2.75) is 39.0 Å². The molecule has 1 fully saturated rings. The quantitative estimate of drug-likeness (QED) is 0.851. The predicted octanol–water partition coefficient (Wildman–Crippen LogP) is 2.50. The number of aliphatic carboxylic acids is 1. The Kier molecular flexibility index (Phi) is 2.99. The third-order valence-corrected chi connectivity index (χ3v) is 3.77. The van der Waals surface area contributed by atoms with E-state index in [4.69, 9.17) is 4.52 Å². The minimum absolute atomic E-state index is 0.544. The Morgan fingerprint density at radius 1 is 1.75 bits per heavy atom. The molecule has 1 aromatic heterocycles. The number of hydrogen-bond acceptors (Lipinski definition) is 3. The SMILES string of the molecule is CCC1CCC(Cc2cnoc2)(C(=O)O)C1. The topological polar surface area (TPSA) is 63.3 Å². The first-order chi connectivity index (χ1) is 7.66. The molecule has 4 heteroatoms. The second kappa shape index (κ2) is 4.28. The summed E-state index contributed by atoms with van der Waals surface area (Å²) in [6.45, 7) is 2.13. The van der Waals surface area contributed by atoms with E-state index in [0.717, 1.165) is 31.2 Å². The monoisotopic (exact) mass is 223 g/mol. The Labute approximate surface area is 94.6 Å². The van der Waals surface area contributed by atoms with Gasteiger partial charge in [0.05, 0.1) is 11.6 Å². The van der Waals surface area contributed by atoms with Crippen molar-refractivity contribution < 1.29 is 14.4 Å². The number of carbonyl (C=O) groups is 1. The molecular formula is C12H17NO3. The molecule has 1 aliphatic carbocycles. The molecule has 88 valence electrons. The van der Waals surface area contributed by atoms with Crippen LogP contribution in [0.25, 0.3) is 0 Å². The highest BCUT2D eigenvalue weighted by molar-refractivity contribution is 5.75. The van der Waals surface area contributed by atoms with Crippen molar-refractivity contribution >= 4 is 5.97 Å². The zero-order valence-corrected chi connectivity index (χ0v) is 9.48. The predicted molar refractivity (Wildman–Crippen MR) is 57.9 cm³/mol. The van der Waals surface area contributed by atoms with E-state index in [1.54, 1.807) is 12.5 Å². The lowest BCUT2D eigenvalue weighted by molar-refractivity contribution is -0.148. The van der Waals surface area contributed by atoms with Crippen LogP contribution in [-0.2, 0) is 11.2 Å². The fraction of sp³-hybridized carbons (Fsp3) is 0.667. The van der Waals surface area contributed by atoms with Crippen molar-refractivity contribution in [2.24, 2.45) is 11.3 Å². The minimum atomic E-state index is -0.676. The van der Waals surface area contributed by atoms with Crippen LogP contribution in [0.1, 0.15) is 38.2 Å². The molecule has 0 bridgehead atoms. The maximum Gasteiger partial charge on any atom is 0.309 e. The first-order valence-corrected chi connectivity index (χ1v) is 5.78. The van der Waals surface area contributed by atoms with Crippen LogP contribution in [0.2, 0.25) is 0 Å². The van der Waals surface area contributed by atoms with Crippen molar-refractivity contribution in [3.63, 3.8) is 0 Å². The molecule has 2 rings (SSSR count). The third-order valence-electron chi connectivity index (χ3n) is 3.77. The molecule has 1 aliphatic rings. The summed E-state index contributed by atoms with van der Waals surface area (Å²) >= 11 is 0. The van der Waals surface area contributed by atoms with Crippen LogP contribution in [-0.4, -0.2) is 16.2 Å². The van der Waals surface area contributed by atoms with E-state index >= 15 is 0 Å². The first-order valence-electron chi connectivity index (χ1n) is 5.78. The Morgan fingerprint density at radius 2 is 2.56 bits per heavy atom. The summed E-state index contributed by atoms with van der Waals surface area (Å²) in [6.07, 6.45) is 7.35. The van der Waals surface area contributed by atoms with E-state index in [2.05, 4.69) is 12.1 Å². The third kappa shape index (κ3) is 1.96. The number of carboxylic acids is 1. The molecule has 1 heterocycles. The van der Waals surface area contributed by atoms with Gasteiger partial charge in [0.2, 0.25) is 0 Å². The molecule has 4 nitrogen and oxygen atoms in total. The molecule has 1 N–H and O–H groups in total. The maximum absolute atomic E-state index is 11.5. The van der Waals surface area contributed by atoms with Crippen LogP contribution in [0.15, 0.2) is 17.0 Å². The molecule has 0 aliphatic heterocycles. The van der Waals surface area contributed by atoms with Crippen LogP contribution in [0.5, 0.6) is 0 Å². The Morgan fingerprint density at radius 3 is 3.06 bits per heavy atom. The fourth-order valence-corrected chi connectivity index (χ4v) is 2.72. The number of nitrogens with zero attached hydrogens (tertiary/aromatic N) is 1. The maximum atomic E-state index is 11.5. The largest absolute Gasteiger partial charge is 0.481 e. The molecule has 2 atom stereocenters. The molecule has 0 amide bonds. The van der Waals surface area contributed by atoms with Crippen molar-refractivity contribution in [3.8, 4) is 0 Å². The second-order valence-electron chi connectivity index (χ2n) is 4.81. The average Bonchev–Trinajstić information content (AvgIpc) is 2.88. The summed E-state index contributed by atoms with van der Waals surface area (Å²) in [4.78, 5) is 11.5. The van der Waals surface area contributed by atoms with Crippen LogP contribution in [0, 0.1) is 11.3 Å². The second-order valence-corrected chi connectivity index (χ2v) is 4.81. The van der Waals surface area contributed by atoms with Gasteiger partial charge in [0.1, 0.15) is 6.26 Å². The molecule has 0 saturated heterocycles. The Bertz CT molecular complexity index is 360. The van der Waals surface area contributed by atoms with E-state index in [-0.39, 0.29) is 0 Å². The van der Waals surface area contributed by atoms with Gasteiger partial charge in [-0.05, 0) is 31.6 Å². The lowest BCUT2D eigenvalue weighted by Gasteiger charge is -2.23. The summed E-state index contributed by atoms with van der Waals surface area (Å²) in [6, 6.07) is 0. The normalized spacial score (nSPS) is 29.4. The number of aromatic nitrogens is 1. The van der Waals surface area contributed by atoms with E-state index in [0.29, 0.717) is 12.3 Å². The summed E-state index contributed by atoms with van der Waals surface area (Å²) in [5.74, 6) is -0.124. The van der Waals surface area contributed by atoms with Gasteiger partial charge >= 0.3 is 5.97 Å². The van der Waals surface area contributed by atoms with Crippen LogP contribution in [0.3, 0.4) is 0 Å². The molecule has 16 heavy (non-hydrogen) atoms.